The quantitative estimate of drug-likeness (QED) is 0.869. The Morgan fingerprint density at radius 1 is 1.40 bits per heavy atom. The minimum absolute atomic E-state index is 0.108. The van der Waals surface area contributed by atoms with Crippen LogP contribution in [-0.2, 0) is 4.79 Å². The molecule has 134 valence electrons. The van der Waals surface area contributed by atoms with E-state index in [2.05, 4.69) is 4.99 Å². The lowest BCUT2D eigenvalue weighted by Crippen LogP contribution is -2.56. The van der Waals surface area contributed by atoms with Crippen molar-refractivity contribution in [2.24, 2.45) is 16.5 Å². The van der Waals surface area contributed by atoms with Gasteiger partial charge in [-0.1, -0.05) is 6.92 Å². The van der Waals surface area contributed by atoms with Gasteiger partial charge >= 0.3 is 0 Å². The van der Waals surface area contributed by atoms with Crippen LogP contribution in [0.1, 0.15) is 62.5 Å². The Morgan fingerprint density at radius 3 is 2.64 bits per heavy atom. The van der Waals surface area contributed by atoms with Crippen LogP contribution in [0.15, 0.2) is 23.2 Å². The maximum Gasteiger partial charge on any atom is 0.248 e. The van der Waals surface area contributed by atoms with Crippen molar-refractivity contribution < 1.29 is 14.3 Å². The van der Waals surface area contributed by atoms with E-state index >= 15 is 0 Å². The minimum Gasteiger partial charge on any atom is -0.485 e. The molecule has 4 N–H and O–H groups in total. The molecule has 25 heavy (non-hydrogen) atoms. The number of fused-ring (bicyclic) bond motifs is 1. The predicted molar refractivity (Wildman–Crippen MR) is 94.2 cm³/mol. The number of amides is 2. The third-order valence-electron chi connectivity index (χ3n) is 4.99. The fourth-order valence-corrected chi connectivity index (χ4v) is 3.58. The first-order valence-corrected chi connectivity index (χ1v) is 8.38. The van der Waals surface area contributed by atoms with Gasteiger partial charge in [0.2, 0.25) is 11.8 Å². The first-order chi connectivity index (χ1) is 11.6. The largest absolute Gasteiger partial charge is 0.485 e. The zero-order valence-corrected chi connectivity index (χ0v) is 15.0. The third-order valence-corrected chi connectivity index (χ3v) is 4.99. The van der Waals surface area contributed by atoms with Crippen LogP contribution in [0.25, 0.3) is 0 Å². The van der Waals surface area contributed by atoms with Crippen molar-refractivity contribution in [1.29, 1.82) is 0 Å². The Kier molecular flexibility index (Phi) is 3.78. The smallest absolute Gasteiger partial charge is 0.248 e. The molecule has 2 atom stereocenters. The molecule has 1 aromatic rings. The molecule has 0 radical (unpaired) electrons. The molecule has 2 heterocycles. The van der Waals surface area contributed by atoms with Crippen molar-refractivity contribution in [1.82, 2.24) is 4.90 Å². The number of hydrogen-bond donors (Lipinski definition) is 2. The van der Waals surface area contributed by atoms with Gasteiger partial charge in [-0.05, 0) is 45.4 Å². The van der Waals surface area contributed by atoms with Gasteiger partial charge in [0.15, 0.2) is 5.96 Å². The van der Waals surface area contributed by atoms with E-state index in [4.69, 9.17) is 16.2 Å². The number of aliphatic imine (C=N–C) groups is 1. The molecule has 7 nitrogen and oxygen atoms in total. The van der Waals surface area contributed by atoms with Crippen LogP contribution >= 0.6 is 0 Å². The van der Waals surface area contributed by atoms with Gasteiger partial charge in [-0.25, -0.2) is 4.99 Å². The molecule has 0 fully saturated rings. The first-order valence-electron chi connectivity index (χ1n) is 8.38. The number of nitrogens with zero attached hydrogens (tertiary/aromatic N) is 2. The highest BCUT2D eigenvalue weighted by molar-refractivity contribution is 6.00. The van der Waals surface area contributed by atoms with Gasteiger partial charge in [0.05, 0.1) is 12.0 Å². The molecule has 2 aliphatic rings. The molecule has 0 aliphatic carbocycles. The maximum absolute atomic E-state index is 12.9. The van der Waals surface area contributed by atoms with E-state index in [1.165, 1.54) is 4.90 Å². The van der Waals surface area contributed by atoms with E-state index in [1.807, 2.05) is 27.7 Å². The molecule has 0 saturated heterocycles. The zero-order valence-electron chi connectivity index (χ0n) is 15.0. The van der Waals surface area contributed by atoms with E-state index in [0.29, 0.717) is 17.7 Å². The molecule has 2 aliphatic heterocycles. The lowest BCUT2D eigenvalue weighted by Gasteiger charge is -2.41. The topological polar surface area (TPSA) is 111 Å². The van der Waals surface area contributed by atoms with Crippen LogP contribution in [0.2, 0.25) is 0 Å². The average molecular weight is 344 g/mol. The van der Waals surface area contributed by atoms with E-state index in [9.17, 15) is 9.59 Å². The van der Waals surface area contributed by atoms with E-state index in [1.54, 1.807) is 18.2 Å². The van der Waals surface area contributed by atoms with Crippen LogP contribution in [0.3, 0.4) is 0 Å². The monoisotopic (exact) mass is 344 g/mol. The zero-order chi connectivity index (χ0) is 18.6. The number of carbonyl (C=O) groups is 2. The summed E-state index contributed by atoms with van der Waals surface area (Å²) in [5.74, 6) is 0.166. The summed E-state index contributed by atoms with van der Waals surface area (Å²) in [5.41, 5.74) is 11.5. The minimum atomic E-state index is -0.671. The molecule has 0 bridgehead atoms. The summed E-state index contributed by atoms with van der Waals surface area (Å²) in [6.45, 7) is 7.66. The standard InChI is InChI=1S/C18H24N4O3/c1-5-18(4)14(22-13(23)9-17(2,3)21-16(22)20)11-8-10(15(19)24)6-7-12(11)25-18/h6-8,14H,5,9H2,1-4H3,(H2,19,24)(H2,20,21). The molecule has 2 amide bonds. The van der Waals surface area contributed by atoms with Crippen LogP contribution in [-0.4, -0.2) is 33.8 Å². The van der Waals surface area contributed by atoms with Crippen molar-refractivity contribution in [2.75, 3.05) is 0 Å². The molecule has 7 heteroatoms. The number of benzene rings is 1. The summed E-state index contributed by atoms with van der Waals surface area (Å²) in [4.78, 5) is 30.4. The molecular formula is C18H24N4O3. The maximum atomic E-state index is 12.9. The van der Waals surface area contributed by atoms with E-state index in [0.717, 1.165) is 5.56 Å². The molecule has 0 aromatic heterocycles. The highest BCUT2D eigenvalue weighted by atomic mass is 16.5. The summed E-state index contributed by atoms with van der Waals surface area (Å²) in [6.07, 6.45) is 0.910. The van der Waals surface area contributed by atoms with Gasteiger partial charge in [-0.15, -0.1) is 0 Å². The first kappa shape index (κ1) is 17.3. The second kappa shape index (κ2) is 5.47. The van der Waals surface area contributed by atoms with Crippen molar-refractivity contribution >= 4 is 17.8 Å². The van der Waals surface area contributed by atoms with Crippen molar-refractivity contribution in [3.05, 3.63) is 29.3 Å². The van der Waals surface area contributed by atoms with Crippen LogP contribution in [0.4, 0.5) is 0 Å². The molecule has 2 unspecified atom stereocenters. The third kappa shape index (κ3) is 2.73. The van der Waals surface area contributed by atoms with E-state index in [-0.39, 0.29) is 18.3 Å². The Labute approximate surface area is 147 Å². The van der Waals surface area contributed by atoms with Gasteiger partial charge in [0, 0.05) is 11.1 Å². The predicted octanol–water partition coefficient (Wildman–Crippen LogP) is 1.71. The van der Waals surface area contributed by atoms with Gasteiger partial charge < -0.3 is 16.2 Å². The number of ether oxygens (including phenoxy) is 1. The second-order valence-electron chi connectivity index (χ2n) is 7.51. The number of nitrogens with two attached hydrogens (primary N) is 2. The lowest BCUT2D eigenvalue weighted by atomic mass is 9.87. The van der Waals surface area contributed by atoms with E-state index < -0.39 is 23.1 Å². The number of hydrogen-bond acceptors (Lipinski definition) is 5. The second-order valence-corrected chi connectivity index (χ2v) is 7.51. The molecule has 1 aromatic carbocycles. The highest BCUT2D eigenvalue weighted by Gasteiger charge is 2.51. The summed E-state index contributed by atoms with van der Waals surface area (Å²) < 4.78 is 6.14. The summed E-state index contributed by atoms with van der Waals surface area (Å²) in [7, 11) is 0. The van der Waals surface area contributed by atoms with Crippen molar-refractivity contribution in [2.45, 2.75) is 57.7 Å². The number of rotatable bonds is 3. The van der Waals surface area contributed by atoms with Crippen LogP contribution in [0.5, 0.6) is 5.75 Å². The number of carbonyl (C=O) groups excluding carboxylic acids is 2. The highest BCUT2D eigenvalue weighted by Crippen LogP contribution is 2.49. The van der Waals surface area contributed by atoms with Gasteiger partial charge in [0.1, 0.15) is 17.4 Å². The van der Waals surface area contributed by atoms with Crippen LogP contribution in [0, 0.1) is 0 Å². The summed E-state index contributed by atoms with van der Waals surface area (Å²) in [6, 6.07) is 4.57. The van der Waals surface area contributed by atoms with Gasteiger partial charge in [0.25, 0.3) is 0 Å². The van der Waals surface area contributed by atoms with Crippen LogP contribution < -0.4 is 16.2 Å². The molecular weight excluding hydrogens is 320 g/mol. The summed E-state index contributed by atoms with van der Waals surface area (Å²) in [5, 5.41) is 0. The Morgan fingerprint density at radius 2 is 2.08 bits per heavy atom. The fraction of sp³-hybridized carbons (Fsp3) is 0.500. The average Bonchev–Trinajstić information content (AvgIpc) is 2.78. The lowest BCUT2D eigenvalue weighted by molar-refractivity contribution is -0.134. The summed E-state index contributed by atoms with van der Waals surface area (Å²) >= 11 is 0. The number of primary amides is 1. The number of guanidine groups is 1. The molecule has 3 rings (SSSR count). The van der Waals surface area contributed by atoms with Gasteiger partial charge in [-0.2, -0.15) is 0 Å². The normalized spacial score (nSPS) is 27.5. The van der Waals surface area contributed by atoms with Crippen molar-refractivity contribution in [3.63, 3.8) is 0 Å². The van der Waals surface area contributed by atoms with Gasteiger partial charge in [-0.3, -0.25) is 14.5 Å². The molecule has 0 spiro atoms. The van der Waals surface area contributed by atoms with Crippen molar-refractivity contribution in [3.8, 4) is 5.75 Å². The SMILES string of the molecule is CCC1(C)Oc2ccc(C(N)=O)cc2C1N1C(=O)CC(C)(C)N=C1N. The Bertz CT molecular complexity index is 787. The fourth-order valence-electron chi connectivity index (χ4n) is 3.58. The Balaban J connectivity index is 2.15. The Hall–Kier alpha value is -2.57. The molecule has 0 saturated carbocycles.